The zero-order valence-corrected chi connectivity index (χ0v) is 17.2. The average Bonchev–Trinajstić information content (AvgIpc) is 3.40. The van der Waals surface area contributed by atoms with Crippen molar-refractivity contribution in [3.63, 3.8) is 0 Å². The summed E-state index contributed by atoms with van der Waals surface area (Å²) < 4.78 is 47.2. The fourth-order valence-electron chi connectivity index (χ4n) is 3.29. The van der Waals surface area contributed by atoms with Gasteiger partial charge in [-0.1, -0.05) is 48.0 Å². The van der Waals surface area contributed by atoms with E-state index in [0.717, 1.165) is 11.1 Å². The molecule has 30 heavy (non-hydrogen) atoms. The number of alkyl carbamates (subject to hydrolysis) is 1. The Hall–Kier alpha value is -2.46. The first kappa shape index (κ1) is 20.8. The third kappa shape index (κ3) is 4.99. The minimum atomic E-state index is -4.05. The first-order valence-corrected chi connectivity index (χ1v) is 11.0. The maximum Gasteiger partial charge on any atom is 0.407 e. The molecule has 0 spiro atoms. The van der Waals surface area contributed by atoms with Gasteiger partial charge in [-0.05, 0) is 24.6 Å². The number of amides is 1. The molecule has 0 saturated carbocycles. The molecule has 1 N–H and O–H groups in total. The third-order valence-electron chi connectivity index (χ3n) is 4.99. The van der Waals surface area contributed by atoms with Crippen LogP contribution >= 0.6 is 0 Å². The number of benzene rings is 2. The third-order valence-corrected chi connectivity index (χ3v) is 6.34. The van der Waals surface area contributed by atoms with Crippen LogP contribution in [0.4, 0.5) is 4.79 Å². The first-order chi connectivity index (χ1) is 14.4. The Bertz CT molecular complexity index is 978. The van der Waals surface area contributed by atoms with Crippen molar-refractivity contribution in [3.8, 4) is 0 Å². The van der Waals surface area contributed by atoms with E-state index in [9.17, 15) is 13.2 Å². The summed E-state index contributed by atoms with van der Waals surface area (Å²) >= 11 is 0. The van der Waals surface area contributed by atoms with Gasteiger partial charge in [0.25, 0.3) is 10.1 Å². The number of fused-ring (bicyclic) bond motifs is 1. The molecule has 4 atom stereocenters. The van der Waals surface area contributed by atoms with Crippen molar-refractivity contribution in [2.75, 3.05) is 13.2 Å². The number of hydrogen-bond acceptors (Lipinski definition) is 7. The van der Waals surface area contributed by atoms with E-state index >= 15 is 0 Å². The van der Waals surface area contributed by atoms with Crippen LogP contribution < -0.4 is 5.32 Å². The molecular formula is C21H23NO7S. The van der Waals surface area contributed by atoms with Crippen LogP contribution in [0.5, 0.6) is 0 Å². The lowest BCUT2D eigenvalue weighted by molar-refractivity contribution is -0.0347. The molecule has 9 heteroatoms. The predicted molar refractivity (Wildman–Crippen MR) is 106 cm³/mol. The van der Waals surface area contributed by atoms with E-state index in [1.165, 1.54) is 12.1 Å². The van der Waals surface area contributed by atoms with Crippen LogP contribution in [0.1, 0.15) is 11.1 Å². The fourth-order valence-corrected chi connectivity index (χ4v) is 4.37. The van der Waals surface area contributed by atoms with E-state index < -0.39 is 28.4 Å². The number of nitrogens with one attached hydrogen (secondary N) is 1. The summed E-state index contributed by atoms with van der Waals surface area (Å²) in [6.45, 7) is 2.24. The zero-order chi connectivity index (χ0) is 21.1. The van der Waals surface area contributed by atoms with Crippen molar-refractivity contribution in [2.45, 2.75) is 42.8 Å². The average molecular weight is 433 g/mol. The van der Waals surface area contributed by atoms with Crippen molar-refractivity contribution in [1.82, 2.24) is 5.32 Å². The maximum atomic E-state index is 12.7. The van der Waals surface area contributed by atoms with Gasteiger partial charge in [0.1, 0.15) is 31.0 Å². The zero-order valence-electron chi connectivity index (χ0n) is 16.4. The van der Waals surface area contributed by atoms with Crippen LogP contribution in [-0.4, -0.2) is 52.1 Å². The monoisotopic (exact) mass is 433 g/mol. The molecule has 2 aromatic rings. The van der Waals surface area contributed by atoms with Crippen molar-refractivity contribution in [3.05, 3.63) is 65.7 Å². The fraction of sp³-hybridized carbons (Fsp3) is 0.381. The van der Waals surface area contributed by atoms with E-state index in [2.05, 4.69) is 5.32 Å². The molecule has 1 unspecified atom stereocenters. The molecule has 2 fully saturated rings. The number of ether oxygens (including phenoxy) is 3. The van der Waals surface area contributed by atoms with Crippen molar-refractivity contribution in [2.24, 2.45) is 0 Å². The molecule has 2 aliphatic heterocycles. The number of aryl methyl sites for hydroxylation is 1. The van der Waals surface area contributed by atoms with Gasteiger partial charge < -0.3 is 19.5 Å². The van der Waals surface area contributed by atoms with E-state index in [0.29, 0.717) is 6.61 Å². The minimum absolute atomic E-state index is 0.0380. The highest BCUT2D eigenvalue weighted by Gasteiger charge is 2.55. The van der Waals surface area contributed by atoms with Gasteiger partial charge in [-0.3, -0.25) is 4.18 Å². The second-order valence-electron chi connectivity index (χ2n) is 7.28. The maximum absolute atomic E-state index is 12.7. The Labute approximate surface area is 175 Å². The van der Waals surface area contributed by atoms with Crippen molar-refractivity contribution >= 4 is 16.2 Å². The molecule has 160 valence electrons. The summed E-state index contributed by atoms with van der Waals surface area (Å²) in [4.78, 5) is 12.1. The smallest absolute Gasteiger partial charge is 0.407 e. The van der Waals surface area contributed by atoms with Gasteiger partial charge in [0, 0.05) is 0 Å². The molecule has 0 aliphatic carbocycles. The summed E-state index contributed by atoms with van der Waals surface area (Å²) in [7, 11) is -4.05. The summed E-state index contributed by atoms with van der Waals surface area (Å²) in [6, 6.07) is 15.6. The van der Waals surface area contributed by atoms with Crippen LogP contribution in [0.2, 0.25) is 0 Å². The molecule has 2 aliphatic rings. The van der Waals surface area contributed by atoms with E-state index in [1.54, 1.807) is 12.1 Å². The van der Waals surface area contributed by atoms with Gasteiger partial charge in [0.2, 0.25) is 0 Å². The van der Waals surface area contributed by atoms with Gasteiger partial charge >= 0.3 is 6.09 Å². The Morgan fingerprint density at radius 3 is 2.53 bits per heavy atom. The largest absolute Gasteiger partial charge is 0.445 e. The van der Waals surface area contributed by atoms with E-state index in [-0.39, 0.29) is 30.3 Å². The number of carbonyl (C=O) groups is 1. The van der Waals surface area contributed by atoms with Crippen LogP contribution in [-0.2, 0) is 35.1 Å². The lowest BCUT2D eigenvalue weighted by Gasteiger charge is -2.24. The Balaban J connectivity index is 1.39. The highest BCUT2D eigenvalue weighted by atomic mass is 32.2. The molecule has 0 bridgehead atoms. The molecule has 8 nitrogen and oxygen atoms in total. The van der Waals surface area contributed by atoms with Crippen molar-refractivity contribution in [1.29, 1.82) is 0 Å². The highest BCUT2D eigenvalue weighted by Crippen LogP contribution is 2.37. The van der Waals surface area contributed by atoms with Gasteiger partial charge in [0.15, 0.2) is 0 Å². The number of hydrogen-bond donors (Lipinski definition) is 1. The summed E-state index contributed by atoms with van der Waals surface area (Å²) in [5.74, 6) is 0. The molecule has 2 aromatic carbocycles. The summed E-state index contributed by atoms with van der Waals surface area (Å²) in [6.07, 6.45) is -2.49. The Morgan fingerprint density at radius 1 is 1.17 bits per heavy atom. The number of carbonyl (C=O) groups excluding carboxylic acids is 1. The Morgan fingerprint density at radius 2 is 1.90 bits per heavy atom. The van der Waals surface area contributed by atoms with Gasteiger partial charge in [-0.2, -0.15) is 8.42 Å². The van der Waals surface area contributed by atoms with E-state index in [1.807, 2.05) is 37.3 Å². The Kier molecular flexibility index (Phi) is 6.05. The number of rotatable bonds is 8. The second-order valence-corrected chi connectivity index (χ2v) is 8.85. The van der Waals surface area contributed by atoms with Crippen LogP contribution in [0.15, 0.2) is 59.5 Å². The second kappa shape index (κ2) is 8.73. The molecule has 2 heterocycles. The molecule has 0 radical (unpaired) electrons. The lowest BCUT2D eigenvalue weighted by Crippen LogP contribution is -2.44. The first-order valence-electron chi connectivity index (χ1n) is 9.64. The van der Waals surface area contributed by atoms with Crippen LogP contribution in [0.25, 0.3) is 0 Å². The molecule has 0 aromatic heterocycles. The highest BCUT2D eigenvalue weighted by molar-refractivity contribution is 7.86. The van der Waals surface area contributed by atoms with Crippen LogP contribution in [0, 0.1) is 6.92 Å². The standard InChI is InChI=1S/C21H23NO7S/c1-14-7-9-16(10-8-14)30(24,25)29-17(19-20-18(28-20)13-26-19)11-22-21(23)27-12-15-5-3-2-4-6-15/h2-10,17-20H,11-13H2,1H3,(H,22,23)/t17?,18-,19+,20-/m0/s1. The van der Waals surface area contributed by atoms with Gasteiger partial charge in [-0.25, -0.2) is 4.79 Å². The van der Waals surface area contributed by atoms with E-state index in [4.69, 9.17) is 18.4 Å². The summed E-state index contributed by atoms with van der Waals surface area (Å²) in [5.41, 5.74) is 1.78. The quantitative estimate of drug-likeness (QED) is 0.503. The molecule has 2 saturated heterocycles. The lowest BCUT2D eigenvalue weighted by atomic mass is 10.1. The van der Waals surface area contributed by atoms with Crippen LogP contribution in [0.3, 0.4) is 0 Å². The molecule has 1 amide bonds. The SMILES string of the molecule is Cc1ccc(S(=O)(=O)OC(CNC(=O)OCc2ccccc2)[C@H]2OC[C@@H]3O[C@@H]32)cc1. The molecular weight excluding hydrogens is 410 g/mol. The summed E-state index contributed by atoms with van der Waals surface area (Å²) in [5, 5.41) is 2.57. The van der Waals surface area contributed by atoms with Crippen molar-refractivity contribution < 1.29 is 31.6 Å². The van der Waals surface area contributed by atoms with Gasteiger partial charge in [0.05, 0.1) is 18.0 Å². The molecule has 4 rings (SSSR count). The topological polar surface area (TPSA) is 103 Å². The van der Waals surface area contributed by atoms with Gasteiger partial charge in [-0.15, -0.1) is 0 Å². The number of epoxide rings is 1. The minimum Gasteiger partial charge on any atom is -0.445 e. The predicted octanol–water partition coefficient (Wildman–Crippen LogP) is 2.16. The normalized spacial score (nSPS) is 23.4.